The molecule has 0 aromatic heterocycles. The summed E-state index contributed by atoms with van der Waals surface area (Å²) in [6.45, 7) is 7.17. The average Bonchev–Trinajstić information content (AvgIpc) is 3.04. The maximum Gasteiger partial charge on any atom is 0.295 e. The van der Waals surface area contributed by atoms with Crippen molar-refractivity contribution in [2.24, 2.45) is 0 Å². The molecule has 7 heteroatoms. The zero-order valence-electron chi connectivity index (χ0n) is 18.3. The van der Waals surface area contributed by atoms with E-state index in [0.29, 0.717) is 25.3 Å². The van der Waals surface area contributed by atoms with Crippen molar-refractivity contribution in [1.29, 1.82) is 0 Å². The van der Waals surface area contributed by atoms with Gasteiger partial charge in [0, 0.05) is 37.3 Å². The normalized spacial score (nSPS) is 21.3. The number of hydrogen-bond donors (Lipinski definition) is 1. The molecule has 2 fully saturated rings. The number of halogens is 1. The van der Waals surface area contributed by atoms with Crippen LogP contribution in [0.4, 0.5) is 4.39 Å². The molecule has 1 atom stereocenters. The molecular formula is C25H27FN2O4. The van der Waals surface area contributed by atoms with Crippen LogP contribution < -0.4 is 0 Å². The zero-order chi connectivity index (χ0) is 22.8. The fourth-order valence-electron chi connectivity index (χ4n) is 4.34. The van der Waals surface area contributed by atoms with Crippen LogP contribution in [0.5, 0.6) is 0 Å². The van der Waals surface area contributed by atoms with Gasteiger partial charge in [0.05, 0.1) is 24.8 Å². The van der Waals surface area contributed by atoms with Gasteiger partial charge in [-0.2, -0.15) is 0 Å². The maximum atomic E-state index is 14.9. The second kappa shape index (κ2) is 9.22. The highest BCUT2D eigenvalue weighted by Gasteiger charge is 2.47. The molecule has 2 heterocycles. The number of ether oxygens (including phenoxy) is 1. The number of aliphatic hydroxyl groups excluding tert-OH is 1. The molecule has 32 heavy (non-hydrogen) atoms. The molecule has 4 rings (SSSR count). The van der Waals surface area contributed by atoms with Crippen LogP contribution in [0.25, 0.3) is 5.76 Å². The number of ketones is 1. The van der Waals surface area contributed by atoms with Crippen LogP contribution in [0.3, 0.4) is 0 Å². The average molecular weight is 438 g/mol. The Morgan fingerprint density at radius 2 is 1.81 bits per heavy atom. The lowest BCUT2D eigenvalue weighted by Crippen LogP contribution is -2.42. The van der Waals surface area contributed by atoms with E-state index in [1.807, 2.05) is 26.0 Å². The molecule has 1 N–H and O–H groups in total. The topological polar surface area (TPSA) is 70.1 Å². The molecule has 0 radical (unpaired) electrons. The molecule has 2 aliphatic heterocycles. The highest BCUT2D eigenvalue weighted by molar-refractivity contribution is 6.46. The van der Waals surface area contributed by atoms with Gasteiger partial charge < -0.3 is 14.7 Å². The summed E-state index contributed by atoms with van der Waals surface area (Å²) in [5.74, 6) is -2.31. The summed E-state index contributed by atoms with van der Waals surface area (Å²) in [5.41, 5.74) is 2.26. The van der Waals surface area contributed by atoms with Crippen molar-refractivity contribution in [2.75, 3.05) is 39.4 Å². The summed E-state index contributed by atoms with van der Waals surface area (Å²) in [6.07, 6.45) is 0. The number of carbonyl (C=O) groups excluding carboxylic acids is 2. The summed E-state index contributed by atoms with van der Waals surface area (Å²) >= 11 is 0. The number of morpholine rings is 1. The lowest BCUT2D eigenvalue weighted by atomic mass is 9.93. The lowest BCUT2D eigenvalue weighted by molar-refractivity contribution is -0.140. The Bertz CT molecular complexity index is 1080. The van der Waals surface area contributed by atoms with Crippen molar-refractivity contribution in [1.82, 2.24) is 9.80 Å². The van der Waals surface area contributed by atoms with E-state index in [0.717, 1.165) is 24.2 Å². The first kappa shape index (κ1) is 22.2. The molecule has 2 aromatic rings. The van der Waals surface area contributed by atoms with Gasteiger partial charge in [-0.25, -0.2) is 4.39 Å². The zero-order valence-corrected chi connectivity index (χ0v) is 18.3. The molecule has 0 bridgehead atoms. The summed E-state index contributed by atoms with van der Waals surface area (Å²) in [5, 5.41) is 11.2. The van der Waals surface area contributed by atoms with E-state index in [-0.39, 0.29) is 23.4 Å². The Morgan fingerprint density at radius 1 is 1.09 bits per heavy atom. The number of aliphatic hydroxyl groups is 1. The predicted octanol–water partition coefficient (Wildman–Crippen LogP) is 3.20. The third-order valence-electron chi connectivity index (χ3n) is 6.15. The largest absolute Gasteiger partial charge is 0.507 e. The van der Waals surface area contributed by atoms with E-state index in [9.17, 15) is 19.1 Å². The number of Topliss-reactive ketones (excluding diaryl/α,β-unsaturated/α-hetero) is 1. The second-order valence-corrected chi connectivity index (χ2v) is 8.29. The minimum absolute atomic E-state index is 0.0734. The predicted molar refractivity (Wildman–Crippen MR) is 119 cm³/mol. The Hall–Kier alpha value is -3.03. The van der Waals surface area contributed by atoms with Gasteiger partial charge in [0.1, 0.15) is 11.6 Å². The fraction of sp³-hybridized carbons (Fsp3) is 0.360. The van der Waals surface area contributed by atoms with Crippen molar-refractivity contribution in [3.05, 3.63) is 76.1 Å². The summed E-state index contributed by atoms with van der Waals surface area (Å²) in [7, 11) is 0. The number of carbonyl (C=O) groups is 2. The monoisotopic (exact) mass is 438 g/mol. The number of amides is 1. The molecular weight excluding hydrogens is 411 g/mol. The first-order chi connectivity index (χ1) is 15.4. The van der Waals surface area contributed by atoms with Crippen LogP contribution in [0.1, 0.15) is 28.3 Å². The van der Waals surface area contributed by atoms with Crippen molar-refractivity contribution < 1.29 is 23.8 Å². The van der Waals surface area contributed by atoms with Gasteiger partial charge in [-0.3, -0.25) is 14.5 Å². The van der Waals surface area contributed by atoms with Gasteiger partial charge in [-0.05, 0) is 31.5 Å². The smallest absolute Gasteiger partial charge is 0.295 e. The summed E-state index contributed by atoms with van der Waals surface area (Å²) in [6, 6.07) is 10.6. The quantitative estimate of drug-likeness (QED) is 0.441. The molecule has 0 unspecified atom stereocenters. The summed E-state index contributed by atoms with van der Waals surface area (Å²) in [4.78, 5) is 29.7. The van der Waals surface area contributed by atoms with E-state index in [1.54, 1.807) is 24.3 Å². The second-order valence-electron chi connectivity index (χ2n) is 8.29. The van der Waals surface area contributed by atoms with Crippen LogP contribution >= 0.6 is 0 Å². The SMILES string of the molecule is Cc1ccc(C)c(C(O)=C2C(=O)C(=O)N(CCN3CCOCC3)[C@H]2c2ccccc2F)c1. The van der Waals surface area contributed by atoms with Gasteiger partial charge in [0.2, 0.25) is 0 Å². The van der Waals surface area contributed by atoms with E-state index in [1.165, 1.54) is 11.0 Å². The van der Waals surface area contributed by atoms with Gasteiger partial charge in [-0.1, -0.05) is 35.9 Å². The number of aryl methyl sites for hydroxylation is 2. The van der Waals surface area contributed by atoms with Crippen molar-refractivity contribution in [2.45, 2.75) is 19.9 Å². The van der Waals surface area contributed by atoms with E-state index in [2.05, 4.69) is 4.90 Å². The van der Waals surface area contributed by atoms with E-state index >= 15 is 0 Å². The standard InChI is InChI=1S/C25H27FN2O4/c1-16-7-8-17(2)19(15-16)23(29)21-22(18-5-3-4-6-20(18)26)28(25(31)24(21)30)10-9-27-11-13-32-14-12-27/h3-8,15,22,29H,9-14H2,1-2H3/t22-/m0/s1. The van der Waals surface area contributed by atoms with Gasteiger partial charge in [0.15, 0.2) is 0 Å². The van der Waals surface area contributed by atoms with E-state index in [4.69, 9.17) is 4.74 Å². The first-order valence-electron chi connectivity index (χ1n) is 10.8. The number of benzene rings is 2. The van der Waals surface area contributed by atoms with Crippen LogP contribution in [-0.4, -0.2) is 66.0 Å². The van der Waals surface area contributed by atoms with Crippen LogP contribution in [0.15, 0.2) is 48.0 Å². The Balaban J connectivity index is 1.79. The minimum atomic E-state index is -0.989. The van der Waals surface area contributed by atoms with Gasteiger partial charge >= 0.3 is 0 Å². The first-order valence-corrected chi connectivity index (χ1v) is 10.8. The number of hydrogen-bond acceptors (Lipinski definition) is 5. The molecule has 6 nitrogen and oxygen atoms in total. The molecule has 0 aliphatic carbocycles. The van der Waals surface area contributed by atoms with Crippen LogP contribution in [0, 0.1) is 19.7 Å². The Kier molecular flexibility index (Phi) is 6.39. The lowest BCUT2D eigenvalue weighted by Gasteiger charge is -2.31. The van der Waals surface area contributed by atoms with E-state index < -0.39 is 23.5 Å². The molecule has 0 saturated carbocycles. The fourth-order valence-corrected chi connectivity index (χ4v) is 4.34. The highest BCUT2D eigenvalue weighted by atomic mass is 19.1. The number of nitrogens with zero attached hydrogens (tertiary/aromatic N) is 2. The molecule has 2 aromatic carbocycles. The maximum absolute atomic E-state index is 14.9. The third-order valence-corrected chi connectivity index (χ3v) is 6.15. The van der Waals surface area contributed by atoms with Gasteiger partial charge in [0.25, 0.3) is 11.7 Å². The number of rotatable bonds is 5. The van der Waals surface area contributed by atoms with Crippen LogP contribution in [0.2, 0.25) is 0 Å². The third kappa shape index (κ3) is 4.18. The molecule has 2 saturated heterocycles. The minimum Gasteiger partial charge on any atom is -0.507 e. The molecule has 2 aliphatic rings. The van der Waals surface area contributed by atoms with Crippen molar-refractivity contribution in [3.63, 3.8) is 0 Å². The molecule has 1 amide bonds. The Labute approximate surface area is 186 Å². The summed E-state index contributed by atoms with van der Waals surface area (Å²) < 4.78 is 20.2. The Morgan fingerprint density at radius 3 is 2.53 bits per heavy atom. The van der Waals surface area contributed by atoms with Gasteiger partial charge in [-0.15, -0.1) is 0 Å². The highest BCUT2D eigenvalue weighted by Crippen LogP contribution is 2.40. The molecule has 0 spiro atoms. The van der Waals surface area contributed by atoms with Crippen molar-refractivity contribution >= 4 is 17.4 Å². The molecule has 168 valence electrons. The van der Waals surface area contributed by atoms with Crippen LogP contribution in [-0.2, 0) is 14.3 Å². The number of likely N-dealkylation sites (tertiary alicyclic amines) is 1. The van der Waals surface area contributed by atoms with Crippen molar-refractivity contribution in [3.8, 4) is 0 Å².